The first kappa shape index (κ1) is 19.9. The molecule has 2 bridgehead atoms. The minimum Gasteiger partial charge on any atom is -0.392 e. The zero-order chi connectivity index (χ0) is 20.2. The Morgan fingerprint density at radius 1 is 1.21 bits per heavy atom. The second kappa shape index (κ2) is 6.83. The van der Waals surface area contributed by atoms with Crippen LogP contribution in [0.1, 0.15) is 29.5 Å². The van der Waals surface area contributed by atoms with Crippen LogP contribution < -0.4 is 4.72 Å². The van der Waals surface area contributed by atoms with E-state index in [4.69, 9.17) is 5.11 Å². The third-order valence-electron chi connectivity index (χ3n) is 6.35. The molecule has 1 heterocycles. The number of hydrogen-bond donors (Lipinski definition) is 2. The maximum atomic E-state index is 12.9. The zero-order valence-corrected chi connectivity index (χ0v) is 16.1. The number of aliphatic hydroxyl groups excluding tert-OH is 1. The number of benzene rings is 1. The summed E-state index contributed by atoms with van der Waals surface area (Å²) in [4.78, 5) is 0. The van der Waals surface area contributed by atoms with E-state index in [-0.39, 0.29) is 25.0 Å². The fourth-order valence-electron chi connectivity index (χ4n) is 5.16. The summed E-state index contributed by atoms with van der Waals surface area (Å²) in [5.41, 5.74) is 2.34. The standard InChI is InChI=1S/C19H23F3N2O3S/c20-19(21,22)12-24-11-18(23-28(24,26)27)16-5-6-17(18)10-15-8-13(2-1-7-25)3-4-14(15)9-16/h1-4,8,16-17,23,25H,5-7,9-12H2/b2-1+/t16-,17+,18-/m1/s1. The van der Waals surface area contributed by atoms with Gasteiger partial charge in [-0.15, -0.1) is 0 Å². The Morgan fingerprint density at radius 2 is 1.89 bits per heavy atom. The van der Waals surface area contributed by atoms with Crippen molar-refractivity contribution in [2.24, 2.45) is 11.8 Å². The van der Waals surface area contributed by atoms with Crippen molar-refractivity contribution in [1.82, 2.24) is 9.03 Å². The van der Waals surface area contributed by atoms with Gasteiger partial charge in [-0.25, -0.2) is 0 Å². The molecule has 0 aromatic heterocycles. The molecular weight excluding hydrogens is 393 g/mol. The van der Waals surface area contributed by atoms with Crippen LogP contribution in [0.2, 0.25) is 0 Å². The van der Waals surface area contributed by atoms with Crippen LogP contribution in [0.25, 0.3) is 6.08 Å². The summed E-state index contributed by atoms with van der Waals surface area (Å²) in [6, 6.07) is 6.00. The third-order valence-corrected chi connectivity index (χ3v) is 7.93. The molecule has 1 saturated heterocycles. The molecule has 1 aromatic carbocycles. The summed E-state index contributed by atoms with van der Waals surface area (Å²) < 4.78 is 66.9. The zero-order valence-electron chi connectivity index (χ0n) is 15.2. The average molecular weight is 416 g/mol. The fraction of sp³-hybridized carbons (Fsp3) is 0.579. The molecule has 5 nitrogen and oxygen atoms in total. The van der Waals surface area contributed by atoms with Gasteiger partial charge in [0.1, 0.15) is 6.54 Å². The molecule has 0 amide bonds. The number of alkyl halides is 3. The van der Waals surface area contributed by atoms with E-state index in [2.05, 4.69) is 4.72 Å². The Hall–Kier alpha value is -1.42. The largest absolute Gasteiger partial charge is 0.402 e. The highest BCUT2D eigenvalue weighted by molar-refractivity contribution is 7.87. The summed E-state index contributed by atoms with van der Waals surface area (Å²) in [6.45, 7) is -1.64. The molecule has 154 valence electrons. The van der Waals surface area contributed by atoms with E-state index in [1.54, 1.807) is 6.08 Å². The van der Waals surface area contributed by atoms with Crippen molar-refractivity contribution in [1.29, 1.82) is 0 Å². The van der Waals surface area contributed by atoms with Gasteiger partial charge in [0.2, 0.25) is 0 Å². The molecule has 1 spiro atoms. The molecule has 1 aliphatic heterocycles. The van der Waals surface area contributed by atoms with Crippen molar-refractivity contribution in [3.05, 3.63) is 41.0 Å². The number of fused-ring (bicyclic) bond motifs is 1. The van der Waals surface area contributed by atoms with E-state index in [1.807, 2.05) is 24.3 Å². The fourth-order valence-corrected chi connectivity index (χ4v) is 6.86. The lowest BCUT2D eigenvalue weighted by molar-refractivity contribution is -0.136. The van der Waals surface area contributed by atoms with Crippen LogP contribution in [-0.2, 0) is 23.1 Å². The molecule has 1 aromatic rings. The van der Waals surface area contributed by atoms with E-state index < -0.39 is 28.5 Å². The lowest BCUT2D eigenvalue weighted by Gasteiger charge is -2.33. The lowest BCUT2D eigenvalue weighted by Crippen LogP contribution is -2.52. The molecular formula is C19H23F3N2O3S. The topological polar surface area (TPSA) is 69.6 Å². The Bertz CT molecular complexity index is 900. The van der Waals surface area contributed by atoms with E-state index in [0.29, 0.717) is 17.1 Å². The van der Waals surface area contributed by atoms with Crippen molar-refractivity contribution in [2.45, 2.75) is 37.4 Å². The summed E-state index contributed by atoms with van der Waals surface area (Å²) in [6.07, 6.45) is 1.78. The molecule has 0 radical (unpaired) electrons. The second-order valence-electron chi connectivity index (χ2n) is 8.02. The Kier molecular flexibility index (Phi) is 4.85. The third kappa shape index (κ3) is 3.49. The number of nitrogens with one attached hydrogen (secondary N) is 1. The van der Waals surface area contributed by atoms with Crippen LogP contribution in [-0.4, -0.2) is 49.2 Å². The average Bonchev–Trinajstić information content (AvgIpc) is 2.97. The van der Waals surface area contributed by atoms with Crippen LogP contribution in [0.5, 0.6) is 0 Å². The van der Waals surface area contributed by atoms with E-state index in [9.17, 15) is 21.6 Å². The summed E-state index contributed by atoms with van der Waals surface area (Å²) in [7, 11) is -4.15. The normalized spacial score (nSPS) is 32.1. The Balaban J connectivity index is 1.66. The maximum absolute atomic E-state index is 12.9. The van der Waals surface area contributed by atoms with Crippen LogP contribution >= 0.6 is 0 Å². The van der Waals surface area contributed by atoms with Gasteiger partial charge in [-0.1, -0.05) is 30.4 Å². The SMILES string of the molecule is O=S1(=O)N[C@]2(CN1CC(F)(F)F)[C@@H]1CC[C@H]2Cc2cc(/C=C/CO)ccc2C1. The van der Waals surface area contributed by atoms with E-state index >= 15 is 0 Å². The predicted molar refractivity (Wildman–Crippen MR) is 98.6 cm³/mol. The number of rotatable bonds is 3. The molecule has 3 aliphatic rings. The first-order valence-electron chi connectivity index (χ1n) is 9.38. The molecule has 9 heteroatoms. The number of nitrogens with zero attached hydrogens (tertiary/aromatic N) is 1. The smallest absolute Gasteiger partial charge is 0.392 e. The lowest BCUT2D eigenvalue weighted by atomic mass is 9.79. The van der Waals surface area contributed by atoms with Crippen molar-refractivity contribution in [3.8, 4) is 0 Å². The van der Waals surface area contributed by atoms with E-state index in [0.717, 1.165) is 29.5 Å². The maximum Gasteiger partial charge on any atom is 0.402 e. The van der Waals surface area contributed by atoms with Gasteiger partial charge >= 0.3 is 6.18 Å². The predicted octanol–water partition coefficient (Wildman–Crippen LogP) is 2.27. The molecule has 28 heavy (non-hydrogen) atoms. The first-order valence-corrected chi connectivity index (χ1v) is 10.8. The van der Waals surface area contributed by atoms with Crippen LogP contribution in [0, 0.1) is 11.8 Å². The monoisotopic (exact) mass is 416 g/mol. The van der Waals surface area contributed by atoms with Gasteiger partial charge < -0.3 is 5.11 Å². The Morgan fingerprint density at radius 3 is 2.54 bits per heavy atom. The molecule has 2 N–H and O–H groups in total. The summed E-state index contributed by atoms with van der Waals surface area (Å²) in [5, 5.41) is 8.95. The van der Waals surface area contributed by atoms with Crippen LogP contribution in [0.15, 0.2) is 24.3 Å². The van der Waals surface area contributed by atoms with Crippen molar-refractivity contribution in [2.75, 3.05) is 19.7 Å². The van der Waals surface area contributed by atoms with E-state index in [1.165, 1.54) is 0 Å². The highest BCUT2D eigenvalue weighted by Crippen LogP contribution is 2.50. The van der Waals surface area contributed by atoms with Crippen molar-refractivity contribution >= 4 is 16.3 Å². The molecule has 0 unspecified atom stereocenters. The highest BCUT2D eigenvalue weighted by Gasteiger charge is 2.60. The summed E-state index contributed by atoms with van der Waals surface area (Å²) in [5.74, 6) is -0.0607. The minimum atomic E-state index is -4.57. The number of aliphatic hydroxyl groups is 1. The molecule has 1 saturated carbocycles. The summed E-state index contributed by atoms with van der Waals surface area (Å²) >= 11 is 0. The van der Waals surface area contributed by atoms with Crippen LogP contribution in [0.3, 0.4) is 0 Å². The quantitative estimate of drug-likeness (QED) is 0.794. The highest BCUT2D eigenvalue weighted by atomic mass is 32.2. The molecule has 2 fully saturated rings. The second-order valence-corrected chi connectivity index (χ2v) is 9.69. The number of halogens is 3. The van der Waals surface area contributed by atoms with Gasteiger partial charge in [0.05, 0.1) is 12.1 Å². The van der Waals surface area contributed by atoms with Crippen molar-refractivity contribution < 1.29 is 26.7 Å². The van der Waals surface area contributed by atoms with Crippen molar-refractivity contribution in [3.63, 3.8) is 0 Å². The van der Waals surface area contributed by atoms with Crippen LogP contribution in [0.4, 0.5) is 13.2 Å². The van der Waals surface area contributed by atoms with Gasteiger partial charge in [-0.05, 0) is 54.2 Å². The van der Waals surface area contributed by atoms with Gasteiger partial charge in [-0.2, -0.15) is 30.6 Å². The number of hydrogen-bond acceptors (Lipinski definition) is 3. The van der Waals surface area contributed by atoms with Gasteiger partial charge in [0.25, 0.3) is 10.2 Å². The van der Waals surface area contributed by atoms with Gasteiger partial charge in [0, 0.05) is 6.54 Å². The molecule has 4 rings (SSSR count). The minimum absolute atomic E-state index is 0.0226. The van der Waals surface area contributed by atoms with Gasteiger partial charge in [0.15, 0.2) is 0 Å². The first-order chi connectivity index (χ1) is 13.1. The Labute approximate surface area is 162 Å². The molecule has 3 atom stereocenters. The van der Waals surface area contributed by atoms with Gasteiger partial charge in [-0.3, -0.25) is 0 Å². The molecule has 2 aliphatic carbocycles.